The molecule has 1 aromatic heterocycles. The standard InChI is InChI=1S/C15H14N6S/c22-15(18-16-12-7-3-1-4-8-12)14-11-21(20-17-14)19-13-9-5-2-6-10-13/h1-11,16,19H,(H,18,22). The van der Waals surface area contributed by atoms with Gasteiger partial charge in [0, 0.05) is 0 Å². The molecule has 0 aliphatic carbocycles. The second-order valence-corrected chi connectivity index (χ2v) is 4.88. The van der Waals surface area contributed by atoms with Crippen LogP contribution >= 0.6 is 12.2 Å². The van der Waals surface area contributed by atoms with Crippen molar-refractivity contribution < 1.29 is 0 Å². The third-order valence-electron chi connectivity index (χ3n) is 2.84. The van der Waals surface area contributed by atoms with E-state index in [0.29, 0.717) is 10.7 Å². The average Bonchev–Trinajstić information content (AvgIpc) is 3.03. The molecular weight excluding hydrogens is 296 g/mol. The van der Waals surface area contributed by atoms with Crippen LogP contribution in [0.15, 0.2) is 66.9 Å². The maximum absolute atomic E-state index is 5.28. The Morgan fingerprint density at radius 3 is 2.23 bits per heavy atom. The summed E-state index contributed by atoms with van der Waals surface area (Å²) in [5.41, 5.74) is 11.4. The van der Waals surface area contributed by atoms with Crippen molar-refractivity contribution in [2.75, 3.05) is 10.9 Å². The van der Waals surface area contributed by atoms with Crippen LogP contribution in [0.4, 0.5) is 11.4 Å². The molecule has 3 rings (SSSR count). The van der Waals surface area contributed by atoms with Gasteiger partial charge >= 0.3 is 0 Å². The lowest BCUT2D eigenvalue weighted by atomic mass is 10.3. The molecule has 6 nitrogen and oxygen atoms in total. The predicted molar refractivity (Wildman–Crippen MR) is 90.4 cm³/mol. The quantitative estimate of drug-likeness (QED) is 0.497. The van der Waals surface area contributed by atoms with Crippen LogP contribution in [0.3, 0.4) is 0 Å². The SMILES string of the molecule is S=C(NNc1ccccc1)c1cn(Nc2ccccc2)nn1. The van der Waals surface area contributed by atoms with Gasteiger partial charge in [0.1, 0.15) is 10.7 Å². The molecule has 0 amide bonds. The van der Waals surface area contributed by atoms with Gasteiger partial charge in [-0.3, -0.25) is 10.9 Å². The van der Waals surface area contributed by atoms with E-state index in [0.717, 1.165) is 11.4 Å². The topological polar surface area (TPSA) is 66.8 Å². The number of thiocarbonyl (C=S) groups is 1. The number of nitrogens with one attached hydrogen (secondary N) is 3. The summed E-state index contributed by atoms with van der Waals surface area (Å²) < 4.78 is 0. The van der Waals surface area contributed by atoms with Crippen LogP contribution in [-0.2, 0) is 0 Å². The smallest absolute Gasteiger partial charge is 0.147 e. The number of para-hydroxylation sites is 2. The van der Waals surface area contributed by atoms with E-state index in [1.165, 1.54) is 4.79 Å². The first-order valence-corrected chi connectivity index (χ1v) is 7.08. The van der Waals surface area contributed by atoms with E-state index in [1.807, 2.05) is 60.7 Å². The summed E-state index contributed by atoms with van der Waals surface area (Å²) in [6.07, 6.45) is 1.72. The van der Waals surface area contributed by atoms with Crippen molar-refractivity contribution in [3.63, 3.8) is 0 Å². The molecule has 22 heavy (non-hydrogen) atoms. The lowest BCUT2D eigenvalue weighted by Gasteiger charge is -2.08. The summed E-state index contributed by atoms with van der Waals surface area (Å²) in [6, 6.07) is 19.4. The molecule has 0 fully saturated rings. The number of hydrogen-bond donors (Lipinski definition) is 3. The minimum atomic E-state index is 0.463. The lowest BCUT2D eigenvalue weighted by molar-refractivity contribution is 0.744. The van der Waals surface area contributed by atoms with Crippen molar-refractivity contribution in [3.8, 4) is 0 Å². The van der Waals surface area contributed by atoms with E-state index < -0.39 is 0 Å². The van der Waals surface area contributed by atoms with Gasteiger partial charge in [-0.05, 0) is 29.5 Å². The fourth-order valence-corrected chi connectivity index (χ4v) is 1.93. The molecule has 1 heterocycles. The molecule has 0 bridgehead atoms. The van der Waals surface area contributed by atoms with Gasteiger partial charge in [-0.25, -0.2) is 0 Å². The molecule has 0 spiro atoms. The van der Waals surface area contributed by atoms with Gasteiger partial charge in [-0.15, -0.1) is 5.10 Å². The van der Waals surface area contributed by atoms with Crippen LogP contribution in [0, 0.1) is 0 Å². The molecule has 0 aliphatic heterocycles. The monoisotopic (exact) mass is 310 g/mol. The fourth-order valence-electron chi connectivity index (χ4n) is 1.78. The van der Waals surface area contributed by atoms with Crippen molar-refractivity contribution in [1.29, 1.82) is 0 Å². The summed E-state index contributed by atoms with van der Waals surface area (Å²) in [7, 11) is 0. The molecule has 0 unspecified atom stereocenters. The number of hydrazine groups is 1. The van der Waals surface area contributed by atoms with Crippen LogP contribution in [-0.4, -0.2) is 20.1 Å². The van der Waals surface area contributed by atoms with Gasteiger partial charge in [0.2, 0.25) is 0 Å². The van der Waals surface area contributed by atoms with E-state index in [-0.39, 0.29) is 0 Å². The third kappa shape index (κ3) is 3.58. The number of anilines is 2. The first kappa shape index (κ1) is 14.0. The van der Waals surface area contributed by atoms with Crippen LogP contribution in [0.5, 0.6) is 0 Å². The minimum absolute atomic E-state index is 0.463. The van der Waals surface area contributed by atoms with E-state index >= 15 is 0 Å². The zero-order chi connectivity index (χ0) is 15.2. The number of nitrogens with zero attached hydrogens (tertiary/aromatic N) is 3. The van der Waals surface area contributed by atoms with E-state index in [1.54, 1.807) is 6.20 Å². The molecule has 7 heteroatoms. The highest BCUT2D eigenvalue weighted by atomic mass is 32.1. The van der Waals surface area contributed by atoms with E-state index in [9.17, 15) is 0 Å². The second kappa shape index (κ2) is 6.68. The molecule has 0 atom stereocenters. The second-order valence-electron chi connectivity index (χ2n) is 4.47. The van der Waals surface area contributed by atoms with E-state index in [4.69, 9.17) is 12.2 Å². The average molecular weight is 310 g/mol. The van der Waals surface area contributed by atoms with Crippen molar-refractivity contribution >= 4 is 28.6 Å². The van der Waals surface area contributed by atoms with Gasteiger partial charge in [0.25, 0.3) is 0 Å². The minimum Gasteiger partial charge on any atom is -0.300 e. The number of hydrogen-bond acceptors (Lipinski definition) is 5. The predicted octanol–water partition coefficient (Wildman–Crippen LogP) is 2.45. The summed E-state index contributed by atoms with van der Waals surface area (Å²) in [4.78, 5) is 1.98. The van der Waals surface area contributed by atoms with Crippen molar-refractivity contribution in [3.05, 3.63) is 72.6 Å². The van der Waals surface area contributed by atoms with Crippen molar-refractivity contribution in [2.24, 2.45) is 0 Å². The van der Waals surface area contributed by atoms with Crippen LogP contribution < -0.4 is 16.3 Å². The molecule has 0 radical (unpaired) electrons. The summed E-state index contributed by atoms with van der Waals surface area (Å²) in [5, 5.41) is 8.02. The Balaban J connectivity index is 1.60. The molecule has 3 N–H and O–H groups in total. The molecular formula is C15H14N6S. The van der Waals surface area contributed by atoms with Crippen LogP contribution in [0.1, 0.15) is 5.69 Å². The van der Waals surface area contributed by atoms with Crippen LogP contribution in [0.2, 0.25) is 0 Å². The number of aromatic nitrogens is 3. The molecule has 0 saturated heterocycles. The Morgan fingerprint density at radius 1 is 0.909 bits per heavy atom. The molecule has 2 aromatic carbocycles. The van der Waals surface area contributed by atoms with E-state index in [2.05, 4.69) is 26.6 Å². The number of rotatable bonds is 5. The highest BCUT2D eigenvalue weighted by molar-refractivity contribution is 7.80. The third-order valence-corrected chi connectivity index (χ3v) is 3.15. The normalized spacial score (nSPS) is 10.0. The Labute approximate surface area is 133 Å². The Hall–Kier alpha value is -2.93. The van der Waals surface area contributed by atoms with Crippen molar-refractivity contribution in [1.82, 2.24) is 20.5 Å². The molecule has 0 saturated carbocycles. The van der Waals surface area contributed by atoms with Gasteiger partial charge in [-0.2, -0.15) is 4.79 Å². The first-order valence-electron chi connectivity index (χ1n) is 6.67. The number of benzene rings is 2. The maximum Gasteiger partial charge on any atom is 0.147 e. The van der Waals surface area contributed by atoms with Gasteiger partial charge in [0.05, 0.1) is 17.6 Å². The van der Waals surface area contributed by atoms with Crippen LogP contribution in [0.25, 0.3) is 0 Å². The highest BCUT2D eigenvalue weighted by Crippen LogP contribution is 2.06. The molecule has 3 aromatic rings. The Bertz CT molecular complexity index is 741. The highest BCUT2D eigenvalue weighted by Gasteiger charge is 2.06. The fraction of sp³-hybridized carbons (Fsp3) is 0. The Kier molecular flexibility index (Phi) is 4.26. The summed E-state index contributed by atoms with van der Waals surface area (Å²) >= 11 is 5.28. The zero-order valence-electron chi connectivity index (χ0n) is 11.6. The van der Waals surface area contributed by atoms with Gasteiger partial charge in [-0.1, -0.05) is 48.6 Å². The van der Waals surface area contributed by atoms with Crippen molar-refractivity contribution in [2.45, 2.75) is 0 Å². The zero-order valence-corrected chi connectivity index (χ0v) is 12.4. The van der Waals surface area contributed by atoms with Gasteiger partial charge in [0.15, 0.2) is 0 Å². The lowest BCUT2D eigenvalue weighted by Crippen LogP contribution is -2.28. The first-order chi connectivity index (χ1) is 10.8. The maximum atomic E-state index is 5.28. The Morgan fingerprint density at radius 2 is 1.55 bits per heavy atom. The summed E-state index contributed by atoms with van der Waals surface area (Å²) in [6.45, 7) is 0. The molecule has 110 valence electrons. The molecule has 0 aliphatic rings. The largest absolute Gasteiger partial charge is 0.300 e. The summed E-state index contributed by atoms with van der Waals surface area (Å²) in [5.74, 6) is 0. The van der Waals surface area contributed by atoms with Gasteiger partial charge < -0.3 is 5.43 Å².